The Bertz CT molecular complexity index is 1320. The van der Waals surface area contributed by atoms with Gasteiger partial charge >= 0.3 is 0 Å². The largest absolute Gasteiger partial charge is 0.296 e. The molecule has 1 fully saturated rings. The predicted molar refractivity (Wildman–Crippen MR) is 138 cm³/mol. The summed E-state index contributed by atoms with van der Waals surface area (Å²) >= 11 is 3.22. The molecule has 0 bridgehead atoms. The topological polar surface area (TPSA) is 59.6 Å². The summed E-state index contributed by atoms with van der Waals surface area (Å²) in [5.74, 6) is -0.241. The van der Waals surface area contributed by atoms with Crippen LogP contribution in [0.4, 0.5) is 5.69 Å². The van der Waals surface area contributed by atoms with E-state index in [4.69, 9.17) is 4.99 Å². The highest BCUT2D eigenvalue weighted by molar-refractivity contribution is 8.14. The van der Waals surface area contributed by atoms with Crippen molar-refractivity contribution in [1.82, 2.24) is 9.36 Å². The monoisotopic (exact) mass is 478 g/mol. The van der Waals surface area contributed by atoms with Gasteiger partial charge in [-0.15, -0.1) is 11.3 Å². The minimum atomic E-state index is -0.241. The van der Waals surface area contributed by atoms with Gasteiger partial charge in [-0.2, -0.15) is 0 Å². The van der Waals surface area contributed by atoms with Crippen LogP contribution in [0.5, 0.6) is 0 Å². The van der Waals surface area contributed by atoms with Crippen molar-refractivity contribution < 1.29 is 4.79 Å². The maximum absolute atomic E-state index is 13.7. The fraction of sp³-hybridized carbons (Fsp3) is 0.320. The molecule has 0 spiro atoms. The summed E-state index contributed by atoms with van der Waals surface area (Å²) in [7, 11) is 1.85. The molecule has 6 nitrogen and oxygen atoms in total. The zero-order valence-corrected chi connectivity index (χ0v) is 20.6. The molecular weight excluding hydrogens is 452 g/mol. The standard InChI is InChI=1S/C25H26N4O2S2/c1-16-13-14-32-21(16)15-20-23(30)28(25(26-20)33-19-11-7-8-12-19)22-17(2)27(3)29(24(22)31)18-9-5-4-6-10-18/h4-6,9-10,13-15,19H,7-8,11-12H2,1-3H3/b20-15-. The molecule has 1 aromatic carbocycles. The maximum atomic E-state index is 13.7. The molecule has 0 radical (unpaired) electrons. The molecule has 0 N–H and O–H groups in total. The van der Waals surface area contributed by atoms with Crippen LogP contribution in [0.3, 0.4) is 0 Å². The normalized spacial score (nSPS) is 18.0. The number of amidine groups is 1. The first kappa shape index (κ1) is 22.0. The molecule has 0 atom stereocenters. The van der Waals surface area contributed by atoms with Gasteiger partial charge in [-0.3, -0.25) is 14.3 Å². The molecule has 0 unspecified atom stereocenters. The lowest BCUT2D eigenvalue weighted by Gasteiger charge is -2.18. The van der Waals surface area contributed by atoms with Crippen LogP contribution >= 0.6 is 23.1 Å². The molecule has 1 aliphatic heterocycles. The number of rotatable bonds is 4. The number of hydrogen-bond donors (Lipinski definition) is 0. The Hall–Kier alpha value is -2.84. The number of aryl methyl sites for hydroxylation is 1. The van der Waals surface area contributed by atoms with Crippen LogP contribution in [0.15, 0.2) is 57.3 Å². The van der Waals surface area contributed by atoms with Gasteiger partial charge < -0.3 is 0 Å². The zero-order valence-electron chi connectivity index (χ0n) is 18.9. The van der Waals surface area contributed by atoms with Gasteiger partial charge in [0.25, 0.3) is 11.5 Å². The summed E-state index contributed by atoms with van der Waals surface area (Å²) in [4.78, 5) is 34.7. The van der Waals surface area contributed by atoms with E-state index in [1.807, 2.05) is 73.4 Å². The van der Waals surface area contributed by atoms with Crippen molar-refractivity contribution >= 4 is 45.9 Å². The number of thiophene rings is 1. The van der Waals surface area contributed by atoms with Crippen molar-refractivity contribution in [3.05, 3.63) is 74.0 Å². The van der Waals surface area contributed by atoms with Gasteiger partial charge in [-0.1, -0.05) is 42.8 Å². The lowest BCUT2D eigenvalue weighted by molar-refractivity contribution is -0.113. The van der Waals surface area contributed by atoms with Gasteiger partial charge in [0.15, 0.2) is 5.17 Å². The molecule has 1 saturated carbocycles. The molecule has 3 aromatic rings. The van der Waals surface area contributed by atoms with Gasteiger partial charge in [0.1, 0.15) is 11.4 Å². The number of hydrogen-bond acceptors (Lipinski definition) is 5. The lowest BCUT2D eigenvalue weighted by atomic mass is 10.2. The summed E-state index contributed by atoms with van der Waals surface area (Å²) in [6.07, 6.45) is 6.46. The summed E-state index contributed by atoms with van der Waals surface area (Å²) < 4.78 is 3.42. The number of nitrogens with zero attached hydrogens (tertiary/aromatic N) is 4. The maximum Gasteiger partial charge on any atom is 0.296 e. The fourth-order valence-electron chi connectivity index (χ4n) is 4.40. The van der Waals surface area contributed by atoms with Crippen molar-refractivity contribution in [3.8, 4) is 5.69 Å². The van der Waals surface area contributed by atoms with E-state index in [2.05, 4.69) is 0 Å². The minimum Gasteiger partial charge on any atom is -0.283 e. The van der Waals surface area contributed by atoms with E-state index in [-0.39, 0.29) is 11.5 Å². The highest BCUT2D eigenvalue weighted by atomic mass is 32.2. The van der Waals surface area contributed by atoms with E-state index < -0.39 is 0 Å². The third-order valence-electron chi connectivity index (χ3n) is 6.32. The molecular formula is C25H26N4O2S2. The Kier molecular flexibility index (Phi) is 5.88. The summed E-state index contributed by atoms with van der Waals surface area (Å²) in [6.45, 7) is 3.91. The minimum absolute atomic E-state index is 0.220. The van der Waals surface area contributed by atoms with Crippen molar-refractivity contribution in [2.45, 2.75) is 44.8 Å². The van der Waals surface area contributed by atoms with Gasteiger partial charge in [0.05, 0.1) is 11.4 Å². The van der Waals surface area contributed by atoms with E-state index in [0.717, 1.165) is 34.7 Å². The molecule has 5 rings (SSSR count). The number of aromatic nitrogens is 2. The van der Waals surface area contributed by atoms with Gasteiger partial charge in [-0.25, -0.2) is 14.6 Å². The van der Waals surface area contributed by atoms with Crippen LogP contribution in [-0.2, 0) is 11.8 Å². The van der Waals surface area contributed by atoms with Crippen molar-refractivity contribution in [2.24, 2.45) is 12.0 Å². The van der Waals surface area contributed by atoms with Crippen molar-refractivity contribution in [3.63, 3.8) is 0 Å². The Morgan fingerprint density at radius 2 is 1.82 bits per heavy atom. The molecule has 1 amide bonds. The van der Waals surface area contributed by atoms with E-state index >= 15 is 0 Å². The Labute approximate surface area is 201 Å². The van der Waals surface area contributed by atoms with E-state index in [1.165, 1.54) is 12.8 Å². The van der Waals surface area contributed by atoms with Gasteiger partial charge in [0.2, 0.25) is 0 Å². The van der Waals surface area contributed by atoms with Gasteiger partial charge in [-0.05, 0) is 61.9 Å². The third kappa shape index (κ3) is 3.91. The third-order valence-corrected chi connectivity index (χ3v) is 8.58. The van der Waals surface area contributed by atoms with Crippen LogP contribution in [0.25, 0.3) is 11.8 Å². The number of carbonyl (C=O) groups is 1. The first-order chi connectivity index (χ1) is 16.0. The Morgan fingerprint density at radius 3 is 2.48 bits per heavy atom. The first-order valence-electron chi connectivity index (χ1n) is 11.2. The average Bonchev–Trinajstić information content (AvgIpc) is 3.57. The SMILES string of the molecule is Cc1ccsc1/C=C1\N=C(SC2CCCC2)N(c2c(C)n(C)n(-c3ccccc3)c2=O)C1=O. The number of benzene rings is 1. The summed E-state index contributed by atoms with van der Waals surface area (Å²) in [5, 5.41) is 3.04. The second-order valence-corrected chi connectivity index (χ2v) is 10.7. The summed E-state index contributed by atoms with van der Waals surface area (Å²) in [5.41, 5.74) is 3.14. The molecule has 3 heterocycles. The van der Waals surface area contributed by atoms with Crippen LogP contribution in [0.1, 0.15) is 41.8 Å². The van der Waals surface area contributed by atoms with Crippen molar-refractivity contribution in [1.29, 1.82) is 0 Å². The lowest BCUT2D eigenvalue weighted by Crippen LogP contribution is -2.35. The van der Waals surface area contributed by atoms with Crippen LogP contribution in [-0.4, -0.2) is 25.7 Å². The van der Waals surface area contributed by atoms with Crippen LogP contribution < -0.4 is 10.5 Å². The zero-order chi connectivity index (χ0) is 23.1. The highest BCUT2D eigenvalue weighted by Gasteiger charge is 2.38. The Balaban J connectivity index is 1.62. The number of thioether (sulfide) groups is 1. The number of carbonyl (C=O) groups excluding carboxylic acids is 1. The molecule has 1 aliphatic carbocycles. The van der Waals surface area contributed by atoms with E-state index in [9.17, 15) is 9.59 Å². The number of aliphatic imine (C=N–C) groups is 1. The quantitative estimate of drug-likeness (QED) is 0.480. The highest BCUT2D eigenvalue weighted by Crippen LogP contribution is 2.37. The molecule has 0 saturated heterocycles. The second kappa shape index (κ2) is 8.83. The smallest absolute Gasteiger partial charge is 0.283 e. The van der Waals surface area contributed by atoms with Crippen LogP contribution in [0, 0.1) is 13.8 Å². The van der Waals surface area contributed by atoms with Crippen molar-refractivity contribution in [2.75, 3.05) is 4.90 Å². The molecule has 8 heteroatoms. The Morgan fingerprint density at radius 1 is 1.09 bits per heavy atom. The molecule has 2 aliphatic rings. The van der Waals surface area contributed by atoms with E-state index in [0.29, 0.717) is 21.8 Å². The second-order valence-electron chi connectivity index (χ2n) is 8.47. The fourth-order valence-corrected chi connectivity index (χ4v) is 6.55. The van der Waals surface area contributed by atoms with E-state index in [1.54, 1.807) is 32.7 Å². The number of para-hydroxylation sites is 1. The number of amides is 1. The van der Waals surface area contributed by atoms with Gasteiger partial charge in [0, 0.05) is 17.2 Å². The number of anilines is 1. The molecule has 33 heavy (non-hydrogen) atoms. The average molecular weight is 479 g/mol. The molecule has 170 valence electrons. The summed E-state index contributed by atoms with van der Waals surface area (Å²) in [6, 6.07) is 11.5. The first-order valence-corrected chi connectivity index (χ1v) is 12.9. The predicted octanol–water partition coefficient (Wildman–Crippen LogP) is 5.27. The molecule has 2 aromatic heterocycles. The van der Waals surface area contributed by atoms with Crippen LogP contribution in [0.2, 0.25) is 0 Å².